The van der Waals surface area contributed by atoms with Crippen molar-refractivity contribution in [2.75, 3.05) is 5.32 Å². The lowest BCUT2D eigenvalue weighted by Crippen LogP contribution is -2.36. The van der Waals surface area contributed by atoms with E-state index in [0.717, 1.165) is 17.5 Å². The molecule has 1 unspecified atom stereocenters. The fourth-order valence-corrected chi connectivity index (χ4v) is 3.49. The minimum atomic E-state index is -1.91. The maximum atomic E-state index is 12.8. The quantitative estimate of drug-likeness (QED) is 0.620. The number of furan rings is 1. The number of nitrogens with one attached hydrogen (secondary N) is 1. The van der Waals surface area contributed by atoms with E-state index in [1.807, 2.05) is 13.0 Å². The van der Waals surface area contributed by atoms with Gasteiger partial charge in [-0.25, -0.2) is 0 Å². The van der Waals surface area contributed by atoms with Gasteiger partial charge >= 0.3 is 0 Å². The molecule has 2 heterocycles. The lowest BCUT2D eigenvalue weighted by atomic mass is 9.88. The highest BCUT2D eigenvalue weighted by Crippen LogP contribution is 2.40. The number of carbonyl (C=O) groups excluding carboxylic acids is 2. The third-order valence-electron chi connectivity index (χ3n) is 4.99. The summed E-state index contributed by atoms with van der Waals surface area (Å²) in [5.41, 5.74) is 0.793. The van der Waals surface area contributed by atoms with Crippen LogP contribution in [0, 0.1) is 0 Å². The zero-order valence-electron chi connectivity index (χ0n) is 15.2. The average Bonchev–Trinajstić information content (AvgIpc) is 3.27. The summed E-state index contributed by atoms with van der Waals surface area (Å²) < 4.78 is 5.66. The lowest BCUT2D eigenvalue weighted by molar-refractivity contribution is -0.133. The molecule has 0 saturated heterocycles. The van der Waals surface area contributed by atoms with E-state index in [2.05, 4.69) is 5.32 Å². The Hall–Kier alpha value is -2.89. The Kier molecular flexibility index (Phi) is 4.57. The first-order valence-electron chi connectivity index (χ1n) is 8.97. The van der Waals surface area contributed by atoms with E-state index in [4.69, 9.17) is 16.0 Å². The molecule has 142 valence electrons. The monoisotopic (exact) mass is 395 g/mol. The van der Waals surface area contributed by atoms with Gasteiger partial charge in [0.25, 0.3) is 5.91 Å². The van der Waals surface area contributed by atoms with Crippen LogP contribution in [-0.2, 0) is 16.8 Å². The lowest BCUT2D eigenvalue weighted by Gasteiger charge is -2.20. The predicted molar refractivity (Wildman–Crippen MR) is 106 cm³/mol. The zero-order chi connectivity index (χ0) is 19.9. The van der Waals surface area contributed by atoms with Crippen LogP contribution in [0.4, 0.5) is 5.69 Å². The molecule has 3 aromatic rings. The largest absolute Gasteiger partial charge is 0.453 e. The minimum absolute atomic E-state index is 0.0891. The summed E-state index contributed by atoms with van der Waals surface area (Å²) >= 11 is 5.89. The van der Waals surface area contributed by atoms with Gasteiger partial charge in [-0.1, -0.05) is 30.7 Å². The summed E-state index contributed by atoms with van der Waals surface area (Å²) in [4.78, 5) is 25.2. The van der Waals surface area contributed by atoms with Gasteiger partial charge in [-0.15, -0.1) is 0 Å². The second-order valence-corrected chi connectivity index (χ2v) is 7.26. The molecule has 28 heavy (non-hydrogen) atoms. The minimum Gasteiger partial charge on any atom is -0.453 e. The SMILES string of the molecule is CCc1ccc2c(c1)C(O)(CC(=O)c1ccc(-c3ccc(Cl)cc3)o1)C(=O)N2. The molecule has 0 radical (unpaired) electrons. The van der Waals surface area contributed by atoms with Crippen LogP contribution in [-0.4, -0.2) is 16.8 Å². The molecular weight excluding hydrogens is 378 g/mol. The number of anilines is 1. The molecule has 0 spiro atoms. The molecular formula is C22H18ClNO4. The highest BCUT2D eigenvalue weighted by molar-refractivity contribution is 6.30. The average molecular weight is 396 g/mol. The van der Waals surface area contributed by atoms with Crippen LogP contribution in [0.5, 0.6) is 0 Å². The van der Waals surface area contributed by atoms with Crippen LogP contribution in [0.1, 0.15) is 35.0 Å². The van der Waals surface area contributed by atoms with E-state index in [0.29, 0.717) is 22.0 Å². The second-order valence-electron chi connectivity index (χ2n) is 6.82. The smallest absolute Gasteiger partial charge is 0.261 e. The number of amides is 1. The van der Waals surface area contributed by atoms with E-state index in [1.54, 1.807) is 48.5 Å². The first-order chi connectivity index (χ1) is 13.4. The summed E-state index contributed by atoms with van der Waals surface area (Å²) in [5, 5.41) is 14.3. The van der Waals surface area contributed by atoms with E-state index < -0.39 is 23.7 Å². The molecule has 1 aliphatic heterocycles. The molecule has 1 atom stereocenters. The Labute approximate surface area is 166 Å². The normalized spacial score (nSPS) is 18.0. The van der Waals surface area contributed by atoms with Crippen molar-refractivity contribution < 1.29 is 19.1 Å². The molecule has 0 bridgehead atoms. The molecule has 1 aliphatic rings. The molecule has 1 aromatic heterocycles. The van der Waals surface area contributed by atoms with Crippen LogP contribution in [0.15, 0.2) is 59.0 Å². The van der Waals surface area contributed by atoms with Gasteiger partial charge in [0.1, 0.15) is 5.76 Å². The van der Waals surface area contributed by atoms with E-state index in [9.17, 15) is 14.7 Å². The molecule has 4 rings (SSSR count). The number of hydrogen-bond acceptors (Lipinski definition) is 4. The van der Waals surface area contributed by atoms with Crippen molar-refractivity contribution in [3.05, 3.63) is 76.5 Å². The number of aliphatic hydroxyl groups is 1. The number of hydrogen-bond donors (Lipinski definition) is 2. The third kappa shape index (κ3) is 3.13. The van der Waals surface area contributed by atoms with Crippen molar-refractivity contribution in [1.29, 1.82) is 0 Å². The standard InChI is InChI=1S/C22H18ClNO4/c1-2-13-3-8-17-16(11-13)22(27,21(26)24-17)12-18(25)20-10-9-19(28-20)14-4-6-15(23)7-5-14/h3-11,27H,2,12H2,1H3,(H,24,26). The first kappa shape index (κ1) is 18.5. The molecule has 1 amide bonds. The Balaban J connectivity index is 1.61. The predicted octanol–water partition coefficient (Wildman–Crippen LogP) is 4.58. The molecule has 0 saturated carbocycles. The van der Waals surface area contributed by atoms with Crippen LogP contribution < -0.4 is 5.32 Å². The van der Waals surface area contributed by atoms with Gasteiger partial charge in [0, 0.05) is 21.8 Å². The molecule has 0 aliphatic carbocycles. The molecule has 0 fully saturated rings. The number of rotatable bonds is 5. The van der Waals surface area contributed by atoms with Crippen molar-refractivity contribution in [3.63, 3.8) is 0 Å². The third-order valence-corrected chi connectivity index (χ3v) is 5.24. The van der Waals surface area contributed by atoms with Crippen molar-refractivity contribution in [3.8, 4) is 11.3 Å². The number of fused-ring (bicyclic) bond motifs is 1. The van der Waals surface area contributed by atoms with Gasteiger partial charge in [0.15, 0.2) is 11.4 Å². The van der Waals surface area contributed by atoms with Crippen LogP contribution in [0.25, 0.3) is 11.3 Å². The van der Waals surface area contributed by atoms with Crippen molar-refractivity contribution in [1.82, 2.24) is 0 Å². The molecule has 6 heteroatoms. The Bertz CT molecular complexity index is 1070. The van der Waals surface area contributed by atoms with Gasteiger partial charge in [-0.3, -0.25) is 9.59 Å². The Morgan fingerprint density at radius 1 is 1.14 bits per heavy atom. The zero-order valence-corrected chi connectivity index (χ0v) is 15.9. The molecule has 2 N–H and O–H groups in total. The maximum Gasteiger partial charge on any atom is 0.261 e. The molecule has 2 aromatic carbocycles. The topological polar surface area (TPSA) is 79.5 Å². The van der Waals surface area contributed by atoms with Gasteiger partial charge in [-0.05, 0) is 54.4 Å². The number of ketones is 1. The summed E-state index contributed by atoms with van der Waals surface area (Å²) in [6.07, 6.45) is 0.362. The number of halogens is 1. The fourth-order valence-electron chi connectivity index (χ4n) is 3.36. The van der Waals surface area contributed by atoms with E-state index in [-0.39, 0.29) is 5.76 Å². The number of carbonyl (C=O) groups is 2. The van der Waals surface area contributed by atoms with Crippen LogP contribution in [0.3, 0.4) is 0 Å². The summed E-state index contributed by atoms with van der Waals surface area (Å²) in [5.74, 6) is -0.455. The van der Waals surface area contributed by atoms with Crippen molar-refractivity contribution >= 4 is 29.0 Å². The van der Waals surface area contributed by atoms with E-state index >= 15 is 0 Å². The summed E-state index contributed by atoms with van der Waals surface area (Å²) in [7, 11) is 0. The second kappa shape index (κ2) is 6.93. The fraction of sp³-hybridized carbons (Fsp3) is 0.182. The van der Waals surface area contributed by atoms with Gasteiger partial charge in [0.2, 0.25) is 5.78 Å². The summed E-state index contributed by atoms with van der Waals surface area (Å²) in [6.45, 7) is 1.98. The van der Waals surface area contributed by atoms with Crippen LogP contribution in [0.2, 0.25) is 5.02 Å². The summed E-state index contributed by atoms with van der Waals surface area (Å²) in [6, 6.07) is 15.7. The Morgan fingerprint density at radius 3 is 2.61 bits per heavy atom. The van der Waals surface area contributed by atoms with Gasteiger partial charge in [-0.2, -0.15) is 0 Å². The Morgan fingerprint density at radius 2 is 1.89 bits per heavy atom. The molecule has 5 nitrogen and oxygen atoms in total. The number of Topliss-reactive ketones (excluding diaryl/α,β-unsaturated/α-hetero) is 1. The number of aryl methyl sites for hydroxylation is 1. The highest BCUT2D eigenvalue weighted by atomic mass is 35.5. The van der Waals surface area contributed by atoms with Gasteiger partial charge < -0.3 is 14.8 Å². The first-order valence-corrected chi connectivity index (χ1v) is 9.34. The maximum absolute atomic E-state index is 12.8. The van der Waals surface area contributed by atoms with Crippen molar-refractivity contribution in [2.24, 2.45) is 0 Å². The van der Waals surface area contributed by atoms with Crippen molar-refractivity contribution in [2.45, 2.75) is 25.4 Å². The van der Waals surface area contributed by atoms with E-state index in [1.165, 1.54) is 0 Å². The van der Waals surface area contributed by atoms with Crippen LogP contribution >= 0.6 is 11.6 Å². The highest BCUT2D eigenvalue weighted by Gasteiger charge is 2.47. The number of benzene rings is 2. The van der Waals surface area contributed by atoms with Gasteiger partial charge in [0.05, 0.1) is 6.42 Å².